The molecule has 6 heteroatoms. The number of benzene rings is 1. The molecule has 19 heavy (non-hydrogen) atoms. The summed E-state index contributed by atoms with van der Waals surface area (Å²) in [5.41, 5.74) is 1.91. The van der Waals surface area contributed by atoms with Crippen LogP contribution in [-0.2, 0) is 27.8 Å². The first-order chi connectivity index (χ1) is 8.96. The first kappa shape index (κ1) is 13.8. The third kappa shape index (κ3) is 3.90. The lowest BCUT2D eigenvalue weighted by molar-refractivity contribution is 0.322. The molecule has 102 valence electrons. The Morgan fingerprint density at radius 3 is 2.58 bits per heavy atom. The average molecular weight is 280 g/mol. The van der Waals surface area contributed by atoms with Gasteiger partial charge < -0.3 is 4.57 Å². The van der Waals surface area contributed by atoms with Gasteiger partial charge in [-0.2, -0.15) is 8.42 Å². The standard InChI is InChI=1S/C13H16N2O3S/c1-15-10-12(11-6-4-3-5-7-11)14-13(15)8-9-18-19(2,16)17/h3-7,10H,8-9H2,1-2H3. The number of hydrogen-bond donors (Lipinski definition) is 0. The van der Waals surface area contributed by atoms with Crippen LogP contribution in [0.3, 0.4) is 0 Å². The van der Waals surface area contributed by atoms with E-state index in [0.29, 0.717) is 6.42 Å². The number of aryl methyl sites for hydroxylation is 1. The van der Waals surface area contributed by atoms with Crippen LogP contribution in [0.4, 0.5) is 0 Å². The topological polar surface area (TPSA) is 61.2 Å². The van der Waals surface area contributed by atoms with E-state index >= 15 is 0 Å². The Bertz CT molecular complexity index is 648. The second kappa shape index (κ2) is 5.54. The molecule has 0 spiro atoms. The van der Waals surface area contributed by atoms with Crippen molar-refractivity contribution in [1.29, 1.82) is 0 Å². The normalized spacial score (nSPS) is 11.7. The number of hydrogen-bond acceptors (Lipinski definition) is 4. The summed E-state index contributed by atoms with van der Waals surface area (Å²) >= 11 is 0. The van der Waals surface area contributed by atoms with Crippen LogP contribution < -0.4 is 0 Å². The van der Waals surface area contributed by atoms with Crippen LogP contribution in [0.2, 0.25) is 0 Å². The van der Waals surface area contributed by atoms with Gasteiger partial charge >= 0.3 is 0 Å². The lowest BCUT2D eigenvalue weighted by Gasteiger charge is -2.01. The van der Waals surface area contributed by atoms with Crippen LogP contribution in [0.1, 0.15) is 5.82 Å². The Morgan fingerprint density at radius 2 is 1.95 bits per heavy atom. The fourth-order valence-corrected chi connectivity index (χ4v) is 2.16. The van der Waals surface area contributed by atoms with Crippen LogP contribution in [0.15, 0.2) is 36.5 Å². The third-order valence-electron chi connectivity index (χ3n) is 2.67. The molecule has 0 radical (unpaired) electrons. The molecular weight excluding hydrogens is 264 g/mol. The molecule has 0 fully saturated rings. The minimum atomic E-state index is -3.39. The zero-order chi connectivity index (χ0) is 13.9. The van der Waals surface area contributed by atoms with Gasteiger partial charge in [-0.3, -0.25) is 4.18 Å². The number of aromatic nitrogens is 2. The summed E-state index contributed by atoms with van der Waals surface area (Å²) in [7, 11) is -1.51. The summed E-state index contributed by atoms with van der Waals surface area (Å²) in [6, 6.07) is 9.83. The number of imidazole rings is 1. The van der Waals surface area contributed by atoms with Gasteiger partial charge in [0.1, 0.15) is 5.82 Å². The molecule has 0 aliphatic rings. The summed E-state index contributed by atoms with van der Waals surface area (Å²) in [4.78, 5) is 4.49. The molecule has 0 aliphatic carbocycles. The molecule has 1 aromatic carbocycles. The minimum Gasteiger partial charge on any atom is -0.337 e. The van der Waals surface area contributed by atoms with Gasteiger partial charge in [0, 0.05) is 25.2 Å². The van der Waals surface area contributed by atoms with Crippen LogP contribution in [0.25, 0.3) is 11.3 Å². The molecule has 5 nitrogen and oxygen atoms in total. The van der Waals surface area contributed by atoms with Crippen molar-refractivity contribution >= 4 is 10.1 Å². The monoisotopic (exact) mass is 280 g/mol. The summed E-state index contributed by atoms with van der Waals surface area (Å²) in [5.74, 6) is 0.794. The molecule has 0 saturated carbocycles. The Balaban J connectivity index is 2.09. The Labute approximate surface area is 113 Å². The minimum absolute atomic E-state index is 0.109. The van der Waals surface area contributed by atoms with E-state index in [2.05, 4.69) is 4.98 Å². The van der Waals surface area contributed by atoms with Crippen LogP contribution in [0.5, 0.6) is 0 Å². The van der Waals surface area contributed by atoms with Gasteiger partial charge in [0.05, 0.1) is 18.6 Å². The van der Waals surface area contributed by atoms with Gasteiger partial charge in [0.2, 0.25) is 0 Å². The molecule has 0 aliphatic heterocycles. The van der Waals surface area contributed by atoms with Gasteiger partial charge in [-0.25, -0.2) is 4.98 Å². The van der Waals surface area contributed by atoms with Crippen molar-refractivity contribution in [1.82, 2.24) is 9.55 Å². The highest BCUT2D eigenvalue weighted by atomic mass is 32.2. The predicted octanol–water partition coefficient (Wildman–Crippen LogP) is 1.61. The maximum absolute atomic E-state index is 10.9. The summed E-state index contributed by atoms with van der Waals surface area (Å²) in [5, 5.41) is 0. The molecule has 0 bridgehead atoms. The quantitative estimate of drug-likeness (QED) is 0.781. The third-order valence-corrected chi connectivity index (χ3v) is 3.26. The molecule has 0 atom stereocenters. The van der Waals surface area contributed by atoms with Crippen LogP contribution >= 0.6 is 0 Å². The van der Waals surface area contributed by atoms with E-state index in [9.17, 15) is 8.42 Å². The summed E-state index contributed by atoms with van der Waals surface area (Å²) in [6.45, 7) is 0.109. The van der Waals surface area contributed by atoms with Crippen LogP contribution in [-0.4, -0.2) is 30.8 Å². The van der Waals surface area contributed by atoms with Gasteiger partial charge in [-0.15, -0.1) is 0 Å². The van der Waals surface area contributed by atoms with Crippen molar-refractivity contribution in [3.05, 3.63) is 42.4 Å². The van der Waals surface area contributed by atoms with Crippen molar-refractivity contribution in [2.45, 2.75) is 6.42 Å². The van der Waals surface area contributed by atoms with E-state index in [-0.39, 0.29) is 6.61 Å². The highest BCUT2D eigenvalue weighted by molar-refractivity contribution is 7.85. The second-order valence-electron chi connectivity index (χ2n) is 4.30. The Hall–Kier alpha value is -1.66. The van der Waals surface area contributed by atoms with E-state index < -0.39 is 10.1 Å². The van der Waals surface area contributed by atoms with Gasteiger partial charge in [-0.1, -0.05) is 30.3 Å². The Morgan fingerprint density at radius 1 is 1.26 bits per heavy atom. The van der Waals surface area contributed by atoms with Gasteiger partial charge in [0.25, 0.3) is 10.1 Å². The van der Waals surface area contributed by atoms with Crippen molar-refractivity contribution in [3.8, 4) is 11.3 Å². The molecular formula is C13H16N2O3S. The number of rotatable bonds is 5. The zero-order valence-electron chi connectivity index (χ0n) is 10.9. The fraction of sp³-hybridized carbons (Fsp3) is 0.308. The van der Waals surface area contributed by atoms with Gasteiger partial charge in [-0.05, 0) is 0 Å². The summed E-state index contributed by atoms with van der Waals surface area (Å²) < 4.78 is 28.4. The van der Waals surface area contributed by atoms with E-state index in [1.165, 1.54) is 0 Å². The van der Waals surface area contributed by atoms with Crippen molar-refractivity contribution < 1.29 is 12.6 Å². The molecule has 2 aromatic rings. The molecule has 0 N–H and O–H groups in total. The van der Waals surface area contributed by atoms with Crippen LogP contribution in [0, 0.1) is 0 Å². The van der Waals surface area contributed by atoms with Gasteiger partial charge in [0.15, 0.2) is 0 Å². The SMILES string of the molecule is Cn1cc(-c2ccccc2)nc1CCOS(C)(=O)=O. The van der Waals surface area contributed by atoms with Crippen molar-refractivity contribution in [2.24, 2.45) is 7.05 Å². The van der Waals surface area contributed by atoms with E-state index in [4.69, 9.17) is 4.18 Å². The molecule has 2 rings (SSSR count). The molecule has 0 saturated heterocycles. The lowest BCUT2D eigenvalue weighted by Crippen LogP contribution is -2.08. The molecule has 0 unspecified atom stereocenters. The van der Waals surface area contributed by atoms with E-state index in [1.807, 2.05) is 48.1 Å². The smallest absolute Gasteiger partial charge is 0.264 e. The summed E-state index contributed by atoms with van der Waals surface area (Å²) in [6.07, 6.45) is 3.42. The number of nitrogens with zero attached hydrogens (tertiary/aromatic N) is 2. The highest BCUT2D eigenvalue weighted by Gasteiger charge is 2.08. The molecule has 1 heterocycles. The maximum Gasteiger partial charge on any atom is 0.264 e. The maximum atomic E-state index is 10.9. The largest absolute Gasteiger partial charge is 0.337 e. The first-order valence-electron chi connectivity index (χ1n) is 5.88. The van der Waals surface area contributed by atoms with Crippen molar-refractivity contribution in [2.75, 3.05) is 12.9 Å². The van der Waals surface area contributed by atoms with Crippen molar-refractivity contribution in [3.63, 3.8) is 0 Å². The molecule has 1 aromatic heterocycles. The fourth-order valence-electron chi connectivity index (χ4n) is 1.77. The lowest BCUT2D eigenvalue weighted by atomic mass is 10.2. The van der Waals surface area contributed by atoms with E-state index in [1.54, 1.807) is 0 Å². The average Bonchev–Trinajstić information content (AvgIpc) is 2.71. The first-order valence-corrected chi connectivity index (χ1v) is 7.69. The second-order valence-corrected chi connectivity index (χ2v) is 5.94. The Kier molecular flexibility index (Phi) is 4.01. The predicted molar refractivity (Wildman–Crippen MR) is 73.1 cm³/mol. The highest BCUT2D eigenvalue weighted by Crippen LogP contribution is 2.17. The molecule has 0 amide bonds. The van der Waals surface area contributed by atoms with E-state index in [0.717, 1.165) is 23.3 Å². The zero-order valence-corrected chi connectivity index (χ0v) is 11.7.